The van der Waals surface area contributed by atoms with Gasteiger partial charge >= 0.3 is 0 Å². The van der Waals surface area contributed by atoms with Gasteiger partial charge in [-0.05, 0) is 35.4 Å². The van der Waals surface area contributed by atoms with E-state index >= 15 is 0 Å². The van der Waals surface area contributed by atoms with Crippen molar-refractivity contribution in [2.75, 3.05) is 11.1 Å². The molecule has 2 aromatic heterocycles. The fourth-order valence-electron chi connectivity index (χ4n) is 2.83. The number of carbonyl (C=O) groups is 1. The number of aromatic nitrogens is 3. The average molecular weight is 336 g/mol. The Bertz CT molecular complexity index is 846. The van der Waals surface area contributed by atoms with Crippen molar-refractivity contribution < 1.29 is 4.79 Å². The number of amides is 1. The minimum atomic E-state index is -0.164. The second kappa shape index (κ2) is 6.49. The molecule has 0 saturated heterocycles. The molecule has 0 spiro atoms. The molecular weight excluding hydrogens is 320 g/mol. The number of carbonyl (C=O) groups excluding carboxylic acids is 1. The van der Waals surface area contributed by atoms with E-state index in [1.165, 1.54) is 5.56 Å². The van der Waals surface area contributed by atoms with Gasteiger partial charge in [-0.25, -0.2) is 9.97 Å². The van der Waals surface area contributed by atoms with E-state index in [1.54, 1.807) is 30.5 Å². The van der Waals surface area contributed by atoms with Crippen LogP contribution in [0.3, 0.4) is 0 Å². The van der Waals surface area contributed by atoms with Crippen molar-refractivity contribution in [2.24, 2.45) is 0 Å². The normalized spacial score (nSPS) is 16.4. The number of thioether (sulfide) groups is 1. The number of imidazole rings is 1. The van der Waals surface area contributed by atoms with Crippen molar-refractivity contribution in [3.05, 3.63) is 72.4 Å². The second-order valence-electron chi connectivity index (χ2n) is 5.56. The van der Waals surface area contributed by atoms with Crippen LogP contribution in [0.25, 0.3) is 5.82 Å². The molecule has 1 N–H and O–H groups in total. The summed E-state index contributed by atoms with van der Waals surface area (Å²) in [6.07, 6.45) is 7.92. The highest BCUT2D eigenvalue weighted by Crippen LogP contribution is 2.37. The Morgan fingerprint density at radius 3 is 2.96 bits per heavy atom. The molecule has 0 saturated carbocycles. The molecule has 3 aromatic rings. The van der Waals surface area contributed by atoms with Crippen LogP contribution in [0.15, 0.2) is 61.3 Å². The summed E-state index contributed by atoms with van der Waals surface area (Å²) in [4.78, 5) is 21.0. The molecule has 1 aliphatic heterocycles. The lowest BCUT2D eigenvalue weighted by molar-refractivity contribution is -0.115. The maximum Gasteiger partial charge on any atom is 0.242 e. The molecule has 6 heteroatoms. The van der Waals surface area contributed by atoms with Crippen molar-refractivity contribution >= 4 is 23.4 Å². The average Bonchev–Trinajstić information content (AvgIpc) is 3.16. The van der Waals surface area contributed by atoms with E-state index in [-0.39, 0.29) is 11.2 Å². The van der Waals surface area contributed by atoms with Crippen LogP contribution >= 0.6 is 11.8 Å². The van der Waals surface area contributed by atoms with E-state index in [0.29, 0.717) is 5.69 Å². The van der Waals surface area contributed by atoms with Gasteiger partial charge in [0.1, 0.15) is 17.4 Å². The van der Waals surface area contributed by atoms with E-state index in [2.05, 4.69) is 21.4 Å². The lowest BCUT2D eigenvalue weighted by Crippen LogP contribution is -2.23. The van der Waals surface area contributed by atoms with Crippen molar-refractivity contribution in [1.29, 1.82) is 0 Å². The number of anilines is 1. The van der Waals surface area contributed by atoms with Gasteiger partial charge in [-0.2, -0.15) is 0 Å². The molecule has 3 heterocycles. The first-order valence-electron chi connectivity index (χ1n) is 7.76. The summed E-state index contributed by atoms with van der Waals surface area (Å²) in [5.74, 6) is 1.74. The Hall–Kier alpha value is -2.60. The van der Waals surface area contributed by atoms with Crippen molar-refractivity contribution in [3.63, 3.8) is 0 Å². The van der Waals surface area contributed by atoms with Crippen molar-refractivity contribution in [3.8, 4) is 5.82 Å². The van der Waals surface area contributed by atoms with Crippen molar-refractivity contribution in [2.45, 2.75) is 11.7 Å². The van der Waals surface area contributed by atoms with Gasteiger partial charge in [0.15, 0.2) is 0 Å². The third-order valence-electron chi connectivity index (χ3n) is 4.02. The van der Waals surface area contributed by atoms with Gasteiger partial charge in [0.05, 0.1) is 11.9 Å². The molecule has 120 valence electrons. The number of nitrogens with one attached hydrogen (secondary N) is 1. The molecule has 0 fully saturated rings. The fourth-order valence-corrected chi connectivity index (χ4v) is 4.02. The van der Waals surface area contributed by atoms with Crippen LogP contribution in [0.5, 0.6) is 0 Å². The Kier molecular flexibility index (Phi) is 4.04. The molecule has 1 atom stereocenters. The first kappa shape index (κ1) is 15.0. The second-order valence-corrected chi connectivity index (χ2v) is 6.78. The van der Waals surface area contributed by atoms with E-state index in [9.17, 15) is 4.79 Å². The minimum Gasteiger partial charge on any atom is -0.323 e. The summed E-state index contributed by atoms with van der Waals surface area (Å²) in [7, 11) is 0. The maximum atomic E-state index is 12.7. The molecule has 0 radical (unpaired) electrons. The summed E-state index contributed by atoms with van der Waals surface area (Å²) < 4.78 is 1.82. The highest BCUT2D eigenvalue weighted by atomic mass is 32.2. The van der Waals surface area contributed by atoms with Gasteiger partial charge in [0, 0.05) is 12.4 Å². The number of pyridine rings is 1. The lowest BCUT2D eigenvalue weighted by atomic mass is 10.0. The molecular formula is C18H16N4OS. The predicted molar refractivity (Wildman–Crippen MR) is 95.3 cm³/mol. The molecule has 4 rings (SSSR count). The molecule has 0 bridgehead atoms. The van der Waals surface area contributed by atoms with Crippen LogP contribution in [0.2, 0.25) is 0 Å². The predicted octanol–water partition coefficient (Wildman–Crippen LogP) is 3.24. The Labute approximate surface area is 144 Å². The minimum absolute atomic E-state index is 0.00401. The first-order valence-corrected chi connectivity index (χ1v) is 8.81. The lowest BCUT2D eigenvalue weighted by Gasteiger charge is -2.24. The number of rotatable bonds is 3. The summed E-state index contributed by atoms with van der Waals surface area (Å²) in [5.41, 5.74) is 3.09. The summed E-state index contributed by atoms with van der Waals surface area (Å²) in [6, 6.07) is 11.9. The number of hydrogen-bond acceptors (Lipinski definition) is 4. The summed E-state index contributed by atoms with van der Waals surface area (Å²) >= 11 is 1.69. The fraction of sp³-hybridized carbons (Fsp3) is 0.167. The third-order valence-corrected chi connectivity index (χ3v) is 5.26. The van der Waals surface area contributed by atoms with Gasteiger partial charge in [-0.15, -0.1) is 11.8 Å². The number of fused-ring (bicyclic) bond motifs is 1. The van der Waals surface area contributed by atoms with Crippen LogP contribution in [0, 0.1) is 0 Å². The smallest absolute Gasteiger partial charge is 0.242 e. The van der Waals surface area contributed by atoms with Crippen LogP contribution in [-0.4, -0.2) is 26.2 Å². The van der Waals surface area contributed by atoms with Gasteiger partial charge in [0.2, 0.25) is 5.91 Å². The van der Waals surface area contributed by atoms with Crippen molar-refractivity contribution in [1.82, 2.24) is 14.5 Å². The molecule has 1 unspecified atom stereocenters. The van der Waals surface area contributed by atoms with E-state index in [4.69, 9.17) is 0 Å². The van der Waals surface area contributed by atoms with Gasteiger partial charge in [-0.1, -0.05) is 24.3 Å². The Morgan fingerprint density at radius 2 is 2.17 bits per heavy atom. The number of hydrogen-bond donors (Lipinski definition) is 1. The van der Waals surface area contributed by atoms with E-state index in [0.717, 1.165) is 23.6 Å². The van der Waals surface area contributed by atoms with Crippen LogP contribution < -0.4 is 5.32 Å². The largest absolute Gasteiger partial charge is 0.323 e. The standard InChI is InChI=1S/C18H16N4OS/c23-18(17-15-4-2-1-3-13(15)7-10-24-17)21-14-5-6-16(20-11-14)22-9-8-19-12-22/h1-6,8-9,11-12,17H,7,10H2,(H,21,23). The zero-order valence-corrected chi connectivity index (χ0v) is 13.7. The first-order chi connectivity index (χ1) is 11.8. The van der Waals surface area contributed by atoms with E-state index < -0.39 is 0 Å². The summed E-state index contributed by atoms with van der Waals surface area (Å²) in [5, 5.41) is 2.81. The molecule has 0 aliphatic carbocycles. The highest BCUT2D eigenvalue weighted by molar-refractivity contribution is 8.00. The maximum absolute atomic E-state index is 12.7. The monoisotopic (exact) mass is 336 g/mol. The molecule has 1 aliphatic rings. The molecule has 24 heavy (non-hydrogen) atoms. The topological polar surface area (TPSA) is 59.8 Å². The Balaban J connectivity index is 1.51. The van der Waals surface area contributed by atoms with Crippen LogP contribution in [0.1, 0.15) is 16.4 Å². The summed E-state index contributed by atoms with van der Waals surface area (Å²) in [6.45, 7) is 0. The zero-order valence-electron chi connectivity index (χ0n) is 12.9. The van der Waals surface area contributed by atoms with Gasteiger partial charge in [-0.3, -0.25) is 9.36 Å². The number of nitrogens with zero attached hydrogens (tertiary/aromatic N) is 3. The van der Waals surface area contributed by atoms with Crippen LogP contribution in [-0.2, 0) is 11.2 Å². The third kappa shape index (κ3) is 2.92. The van der Waals surface area contributed by atoms with E-state index in [1.807, 2.05) is 41.1 Å². The van der Waals surface area contributed by atoms with Gasteiger partial charge < -0.3 is 5.32 Å². The van der Waals surface area contributed by atoms with Gasteiger partial charge in [0.25, 0.3) is 0 Å². The molecule has 1 amide bonds. The zero-order chi connectivity index (χ0) is 16.4. The molecule has 1 aromatic carbocycles. The number of benzene rings is 1. The quantitative estimate of drug-likeness (QED) is 0.798. The Morgan fingerprint density at radius 1 is 1.25 bits per heavy atom. The van der Waals surface area contributed by atoms with Crippen LogP contribution in [0.4, 0.5) is 5.69 Å². The highest BCUT2D eigenvalue weighted by Gasteiger charge is 2.26. The SMILES string of the molecule is O=C(Nc1ccc(-n2ccnc2)nc1)C1SCCc2ccccc21. The molecule has 5 nitrogen and oxygen atoms in total. The number of aryl methyl sites for hydroxylation is 1.